The number of aromatic nitrogens is 5. The van der Waals surface area contributed by atoms with Crippen molar-refractivity contribution in [1.82, 2.24) is 24.7 Å². The number of imidazole rings is 1. The van der Waals surface area contributed by atoms with Gasteiger partial charge in [-0.3, -0.25) is 0 Å². The van der Waals surface area contributed by atoms with E-state index in [0.717, 1.165) is 42.7 Å². The monoisotopic (exact) mass is 444 g/mol. The van der Waals surface area contributed by atoms with Gasteiger partial charge >= 0.3 is 0 Å². The number of anilines is 1. The number of aryl methyl sites for hydroxylation is 1. The van der Waals surface area contributed by atoms with Gasteiger partial charge in [-0.25, -0.2) is 9.37 Å². The molecule has 0 N–H and O–H groups in total. The zero-order valence-electron chi connectivity index (χ0n) is 18.2. The molecule has 3 aromatic heterocycles. The van der Waals surface area contributed by atoms with Crippen LogP contribution in [0, 0.1) is 5.82 Å². The van der Waals surface area contributed by atoms with Crippen LogP contribution in [0.25, 0.3) is 44.5 Å². The summed E-state index contributed by atoms with van der Waals surface area (Å²) in [4.78, 5) is 11.2. The summed E-state index contributed by atoms with van der Waals surface area (Å²) in [6, 6.07) is 9.12. The summed E-state index contributed by atoms with van der Waals surface area (Å²) < 4.78 is 28.6. The van der Waals surface area contributed by atoms with Gasteiger partial charge in [0.25, 0.3) is 6.01 Å². The highest BCUT2D eigenvalue weighted by Gasteiger charge is 2.22. The van der Waals surface area contributed by atoms with E-state index in [1.807, 2.05) is 11.5 Å². The summed E-state index contributed by atoms with van der Waals surface area (Å²) in [6.45, 7) is 4.60. The number of nitrogens with zero attached hydrogens (tertiary/aromatic N) is 6. The zero-order chi connectivity index (χ0) is 22.5. The van der Waals surface area contributed by atoms with Crippen molar-refractivity contribution >= 4 is 28.3 Å². The third-order valence-electron chi connectivity index (χ3n) is 6.14. The lowest BCUT2D eigenvalue weighted by Crippen LogP contribution is -2.37. The lowest BCUT2D eigenvalue weighted by molar-refractivity contribution is 0.416. The second-order valence-corrected chi connectivity index (χ2v) is 8.01. The Balaban J connectivity index is 1.50. The molecule has 2 aromatic carbocycles. The highest BCUT2D eigenvalue weighted by Crippen LogP contribution is 2.39. The van der Waals surface area contributed by atoms with Crippen molar-refractivity contribution in [2.24, 2.45) is 0 Å². The highest BCUT2D eigenvalue weighted by molar-refractivity contribution is 5.92. The minimum atomic E-state index is -0.365. The van der Waals surface area contributed by atoms with Crippen molar-refractivity contribution in [2.45, 2.75) is 19.9 Å². The number of hydrogen-bond donors (Lipinski definition) is 0. The van der Waals surface area contributed by atoms with Gasteiger partial charge in [-0.1, -0.05) is 6.07 Å². The fraction of sp³-hybridized carbons (Fsp3) is 0.250. The Morgan fingerprint density at radius 3 is 2.76 bits per heavy atom. The maximum absolute atomic E-state index is 15.1. The fourth-order valence-electron chi connectivity index (χ4n) is 4.18. The largest absolute Gasteiger partial charge is 0.496 e. The zero-order valence-corrected chi connectivity index (χ0v) is 18.2. The molecular formula is C24H21FN6O2. The second-order valence-electron chi connectivity index (χ2n) is 8.01. The van der Waals surface area contributed by atoms with E-state index in [9.17, 15) is 0 Å². The molecule has 0 radical (unpaired) electrons. The molecule has 166 valence electrons. The third-order valence-corrected chi connectivity index (χ3v) is 6.14. The standard InChI is InChI=1S/C24H21FN6O2/c1-3-30-13-26-22-17(12-27-29-23(22)30)14-5-6-18(25)15(9-14)16-10-21-19(11-20(16)32-2)28-24(33-21)31-7-4-8-31/h5-6,9-13H,3-4,7-8H2,1-2H3. The van der Waals surface area contributed by atoms with E-state index in [0.29, 0.717) is 39.6 Å². The lowest BCUT2D eigenvalue weighted by Gasteiger charge is -2.28. The van der Waals surface area contributed by atoms with Gasteiger partial charge in [-0.05, 0) is 37.1 Å². The van der Waals surface area contributed by atoms with Gasteiger partial charge in [0.05, 0.1) is 19.6 Å². The van der Waals surface area contributed by atoms with Crippen LogP contribution in [0.5, 0.6) is 5.75 Å². The van der Waals surface area contributed by atoms with Gasteiger partial charge in [0.1, 0.15) is 22.6 Å². The second kappa shape index (κ2) is 7.54. The Morgan fingerprint density at radius 2 is 2.00 bits per heavy atom. The smallest absolute Gasteiger partial charge is 0.298 e. The predicted molar refractivity (Wildman–Crippen MR) is 123 cm³/mol. The van der Waals surface area contributed by atoms with E-state index in [-0.39, 0.29) is 5.82 Å². The Hall–Kier alpha value is -4.01. The normalized spacial score (nSPS) is 13.6. The summed E-state index contributed by atoms with van der Waals surface area (Å²) in [5.41, 5.74) is 5.25. The molecule has 6 rings (SSSR count). The molecule has 4 heterocycles. The lowest BCUT2D eigenvalue weighted by atomic mass is 9.98. The first-order chi connectivity index (χ1) is 16.2. The number of benzene rings is 2. The van der Waals surface area contributed by atoms with Gasteiger partial charge in [-0.15, -0.1) is 5.10 Å². The number of hydrogen-bond acceptors (Lipinski definition) is 7. The molecule has 8 nitrogen and oxygen atoms in total. The van der Waals surface area contributed by atoms with Crippen LogP contribution in [0.15, 0.2) is 47.3 Å². The summed E-state index contributed by atoms with van der Waals surface area (Å²) in [7, 11) is 1.57. The van der Waals surface area contributed by atoms with E-state index >= 15 is 4.39 Å². The van der Waals surface area contributed by atoms with Crippen molar-refractivity contribution in [3.05, 3.63) is 48.7 Å². The Morgan fingerprint density at radius 1 is 1.12 bits per heavy atom. The Bertz CT molecular complexity index is 1500. The minimum absolute atomic E-state index is 0.365. The van der Waals surface area contributed by atoms with Crippen molar-refractivity contribution in [2.75, 3.05) is 25.1 Å². The van der Waals surface area contributed by atoms with Gasteiger partial charge in [0.2, 0.25) is 0 Å². The molecule has 1 aliphatic heterocycles. The van der Waals surface area contributed by atoms with Crippen LogP contribution >= 0.6 is 0 Å². The molecule has 0 amide bonds. The summed E-state index contributed by atoms with van der Waals surface area (Å²) in [6.07, 6.45) is 4.52. The van der Waals surface area contributed by atoms with Crippen LogP contribution in [0.4, 0.5) is 10.4 Å². The summed E-state index contributed by atoms with van der Waals surface area (Å²) in [5.74, 6) is 0.159. The van der Waals surface area contributed by atoms with Crippen molar-refractivity contribution < 1.29 is 13.5 Å². The quantitative estimate of drug-likeness (QED) is 0.389. The molecule has 1 saturated heterocycles. The van der Waals surface area contributed by atoms with Crippen LogP contribution in [0.1, 0.15) is 13.3 Å². The van der Waals surface area contributed by atoms with Gasteiger partial charge < -0.3 is 18.6 Å². The average Bonchev–Trinajstić information content (AvgIpc) is 3.40. The van der Waals surface area contributed by atoms with Gasteiger partial charge in [0.15, 0.2) is 11.2 Å². The molecule has 0 spiro atoms. The maximum atomic E-state index is 15.1. The first-order valence-electron chi connectivity index (χ1n) is 10.9. The highest BCUT2D eigenvalue weighted by atomic mass is 19.1. The van der Waals surface area contributed by atoms with Crippen LogP contribution in [0.2, 0.25) is 0 Å². The number of ether oxygens (including phenoxy) is 1. The van der Waals surface area contributed by atoms with Gasteiger partial charge in [0, 0.05) is 42.4 Å². The molecule has 0 saturated carbocycles. The average molecular weight is 444 g/mol. The molecule has 9 heteroatoms. The third kappa shape index (κ3) is 3.11. The van der Waals surface area contributed by atoms with Crippen molar-refractivity contribution in [3.63, 3.8) is 0 Å². The SMILES string of the molecule is CCn1cnc2c(-c3ccc(F)c(-c4cc5oc(N6CCC6)nc5cc4OC)c3)cnnc21. The molecule has 0 aliphatic carbocycles. The van der Waals surface area contributed by atoms with E-state index in [2.05, 4.69) is 25.1 Å². The molecule has 33 heavy (non-hydrogen) atoms. The van der Waals surface area contributed by atoms with Crippen LogP contribution in [-0.4, -0.2) is 44.9 Å². The van der Waals surface area contributed by atoms with Gasteiger partial charge in [-0.2, -0.15) is 10.1 Å². The van der Waals surface area contributed by atoms with Crippen LogP contribution in [0.3, 0.4) is 0 Å². The molecule has 0 unspecified atom stereocenters. The van der Waals surface area contributed by atoms with E-state index in [4.69, 9.17) is 9.15 Å². The summed E-state index contributed by atoms with van der Waals surface area (Å²) in [5, 5.41) is 8.36. The first-order valence-corrected chi connectivity index (χ1v) is 10.9. The fourth-order valence-corrected chi connectivity index (χ4v) is 4.18. The summed E-state index contributed by atoms with van der Waals surface area (Å²) >= 11 is 0. The number of rotatable bonds is 5. The van der Waals surface area contributed by atoms with Crippen LogP contribution in [-0.2, 0) is 6.54 Å². The number of methoxy groups -OCH3 is 1. The maximum Gasteiger partial charge on any atom is 0.298 e. The first kappa shape index (κ1) is 19.7. The topological polar surface area (TPSA) is 82.1 Å². The molecule has 1 aliphatic rings. The van der Waals surface area contributed by atoms with E-state index < -0.39 is 0 Å². The van der Waals surface area contributed by atoms with E-state index in [1.54, 1.807) is 43.9 Å². The van der Waals surface area contributed by atoms with Crippen molar-refractivity contribution in [1.29, 1.82) is 0 Å². The minimum Gasteiger partial charge on any atom is -0.496 e. The van der Waals surface area contributed by atoms with E-state index in [1.165, 1.54) is 6.07 Å². The van der Waals surface area contributed by atoms with Crippen LogP contribution < -0.4 is 9.64 Å². The molecule has 0 bridgehead atoms. The number of halogens is 1. The molecule has 0 atom stereocenters. The molecule has 5 aromatic rings. The van der Waals surface area contributed by atoms with Crippen molar-refractivity contribution in [3.8, 4) is 28.0 Å². The Kier molecular flexibility index (Phi) is 4.49. The molecule has 1 fully saturated rings. The number of fused-ring (bicyclic) bond motifs is 2. The molecular weight excluding hydrogens is 423 g/mol. The Labute approximate surface area is 188 Å². The number of oxazole rings is 1. The predicted octanol–water partition coefficient (Wildman–Crippen LogP) is 4.68.